The molecule has 0 N–H and O–H groups in total. The first-order valence-electron chi connectivity index (χ1n) is 8.34. The van der Waals surface area contributed by atoms with Gasteiger partial charge in [0.1, 0.15) is 6.10 Å². The second-order valence-electron chi connectivity index (χ2n) is 5.95. The molecule has 1 unspecified atom stereocenters. The van der Waals surface area contributed by atoms with Gasteiger partial charge in [-0.3, -0.25) is 9.59 Å². The third kappa shape index (κ3) is 12.4. The average Bonchev–Trinajstić information content (AvgIpc) is 2.44. The van der Waals surface area contributed by atoms with Crippen molar-refractivity contribution in [2.45, 2.75) is 85.2 Å². The molecule has 0 radical (unpaired) electrons. The van der Waals surface area contributed by atoms with Crippen LogP contribution in [0.25, 0.3) is 0 Å². The van der Waals surface area contributed by atoms with Crippen molar-refractivity contribution < 1.29 is 19.1 Å². The number of unbranched alkanes of at least 4 members (excludes halogenated alkanes) is 2. The summed E-state index contributed by atoms with van der Waals surface area (Å²) in [5.74, 6) is -0.0890. The van der Waals surface area contributed by atoms with Crippen LogP contribution in [0.15, 0.2) is 0 Å². The minimum absolute atomic E-state index is 0.0249. The molecule has 4 nitrogen and oxygen atoms in total. The van der Waals surface area contributed by atoms with Crippen LogP contribution in [-0.4, -0.2) is 24.6 Å². The van der Waals surface area contributed by atoms with E-state index < -0.39 is 0 Å². The van der Waals surface area contributed by atoms with Crippen LogP contribution in [0.1, 0.15) is 79.1 Å². The maximum Gasteiger partial charge on any atom is 0.306 e. The number of carbonyl (C=O) groups excluding carboxylic acids is 2. The van der Waals surface area contributed by atoms with Crippen LogP contribution in [0.3, 0.4) is 0 Å². The summed E-state index contributed by atoms with van der Waals surface area (Å²) >= 11 is 0. The molecule has 0 aliphatic heterocycles. The molecule has 0 aromatic carbocycles. The van der Waals surface area contributed by atoms with Crippen LogP contribution in [0, 0.1) is 5.92 Å². The number of rotatable bonds is 12. The Morgan fingerprint density at radius 2 is 1.62 bits per heavy atom. The highest BCUT2D eigenvalue weighted by molar-refractivity contribution is 5.72. The van der Waals surface area contributed by atoms with Crippen molar-refractivity contribution in [1.29, 1.82) is 0 Å². The van der Waals surface area contributed by atoms with E-state index in [0.717, 1.165) is 19.3 Å². The van der Waals surface area contributed by atoms with Crippen LogP contribution >= 0.6 is 0 Å². The van der Waals surface area contributed by atoms with Crippen LogP contribution < -0.4 is 0 Å². The summed E-state index contributed by atoms with van der Waals surface area (Å²) in [5.41, 5.74) is 0. The molecule has 0 aromatic rings. The van der Waals surface area contributed by atoms with Gasteiger partial charge in [-0.25, -0.2) is 0 Å². The molecule has 0 saturated carbocycles. The molecule has 4 heteroatoms. The summed E-state index contributed by atoms with van der Waals surface area (Å²) < 4.78 is 10.5. The van der Waals surface area contributed by atoms with Crippen molar-refractivity contribution in [3.63, 3.8) is 0 Å². The van der Waals surface area contributed by atoms with Crippen LogP contribution in [0.4, 0.5) is 0 Å². The molecule has 0 fully saturated rings. The molecule has 0 spiro atoms. The fourth-order valence-electron chi connectivity index (χ4n) is 1.92. The number of hydrogen-bond acceptors (Lipinski definition) is 4. The highest BCUT2D eigenvalue weighted by Gasteiger charge is 2.13. The molecule has 0 bridgehead atoms. The van der Waals surface area contributed by atoms with Gasteiger partial charge in [-0.2, -0.15) is 0 Å². The predicted octanol–water partition coefficient (Wildman–Crippen LogP) is 4.26. The van der Waals surface area contributed by atoms with Crippen molar-refractivity contribution in [3.8, 4) is 0 Å². The van der Waals surface area contributed by atoms with E-state index in [9.17, 15) is 9.59 Å². The Kier molecular flexibility index (Phi) is 12.0. The van der Waals surface area contributed by atoms with Crippen molar-refractivity contribution in [2.75, 3.05) is 6.61 Å². The van der Waals surface area contributed by atoms with E-state index in [2.05, 4.69) is 6.92 Å². The van der Waals surface area contributed by atoms with E-state index in [4.69, 9.17) is 9.47 Å². The Balaban J connectivity index is 3.74. The Morgan fingerprint density at radius 3 is 2.19 bits per heavy atom. The second kappa shape index (κ2) is 12.7. The minimum Gasteiger partial charge on any atom is -0.465 e. The molecular weight excluding hydrogens is 268 g/mol. The van der Waals surface area contributed by atoms with Crippen molar-refractivity contribution in [1.82, 2.24) is 0 Å². The Morgan fingerprint density at radius 1 is 0.952 bits per heavy atom. The quantitative estimate of drug-likeness (QED) is 0.399. The highest BCUT2D eigenvalue weighted by atomic mass is 16.5. The van der Waals surface area contributed by atoms with Crippen LogP contribution in [0.2, 0.25) is 0 Å². The Hall–Kier alpha value is -1.06. The van der Waals surface area contributed by atoms with Crippen molar-refractivity contribution in [2.24, 2.45) is 5.92 Å². The summed E-state index contributed by atoms with van der Waals surface area (Å²) in [4.78, 5) is 23.1. The molecule has 0 aromatic heterocycles. The summed E-state index contributed by atoms with van der Waals surface area (Å²) in [6.45, 7) is 8.62. The normalized spacial score (nSPS) is 12.2. The van der Waals surface area contributed by atoms with Gasteiger partial charge >= 0.3 is 11.9 Å². The van der Waals surface area contributed by atoms with Crippen molar-refractivity contribution >= 4 is 11.9 Å². The monoisotopic (exact) mass is 300 g/mol. The number of carbonyl (C=O) groups is 2. The maximum absolute atomic E-state index is 11.7. The summed E-state index contributed by atoms with van der Waals surface area (Å²) in [7, 11) is 0. The molecule has 0 rings (SSSR count). The van der Waals surface area contributed by atoms with Gasteiger partial charge in [-0.1, -0.05) is 40.5 Å². The fourth-order valence-corrected chi connectivity index (χ4v) is 1.92. The minimum atomic E-state index is -0.230. The van der Waals surface area contributed by atoms with E-state index in [1.54, 1.807) is 0 Å². The molecule has 0 heterocycles. The van der Waals surface area contributed by atoms with Crippen LogP contribution in [0.5, 0.6) is 0 Å². The zero-order valence-corrected chi connectivity index (χ0v) is 14.2. The lowest BCUT2D eigenvalue weighted by Crippen LogP contribution is -2.18. The van der Waals surface area contributed by atoms with E-state index in [1.165, 1.54) is 12.8 Å². The van der Waals surface area contributed by atoms with Gasteiger partial charge in [-0.05, 0) is 31.6 Å². The zero-order valence-electron chi connectivity index (χ0n) is 14.2. The Bertz CT molecular complexity index is 287. The van der Waals surface area contributed by atoms with E-state index in [1.807, 2.05) is 20.8 Å². The summed E-state index contributed by atoms with van der Waals surface area (Å²) in [5, 5.41) is 0. The second-order valence-corrected chi connectivity index (χ2v) is 5.95. The Labute approximate surface area is 129 Å². The number of esters is 2. The van der Waals surface area contributed by atoms with Crippen molar-refractivity contribution in [3.05, 3.63) is 0 Å². The summed E-state index contributed by atoms with van der Waals surface area (Å²) in [6.07, 6.45) is 6.34. The first-order chi connectivity index (χ1) is 9.99. The molecule has 0 aliphatic rings. The van der Waals surface area contributed by atoms with E-state index in [-0.39, 0.29) is 24.5 Å². The predicted molar refractivity (Wildman–Crippen MR) is 84.0 cm³/mol. The van der Waals surface area contributed by atoms with Gasteiger partial charge < -0.3 is 9.47 Å². The number of ether oxygens (including phenoxy) is 2. The first-order valence-corrected chi connectivity index (χ1v) is 8.34. The average molecular weight is 300 g/mol. The third-order valence-corrected chi connectivity index (χ3v) is 3.22. The smallest absolute Gasteiger partial charge is 0.306 e. The fraction of sp³-hybridized carbons (Fsp3) is 0.882. The van der Waals surface area contributed by atoms with Gasteiger partial charge in [0.15, 0.2) is 0 Å². The van der Waals surface area contributed by atoms with E-state index in [0.29, 0.717) is 25.4 Å². The molecule has 21 heavy (non-hydrogen) atoms. The van der Waals surface area contributed by atoms with E-state index >= 15 is 0 Å². The van der Waals surface area contributed by atoms with Crippen LogP contribution in [-0.2, 0) is 19.1 Å². The zero-order chi connectivity index (χ0) is 16.1. The molecule has 0 aliphatic carbocycles. The topological polar surface area (TPSA) is 52.6 Å². The van der Waals surface area contributed by atoms with Gasteiger partial charge in [0, 0.05) is 12.8 Å². The third-order valence-electron chi connectivity index (χ3n) is 3.22. The molecular formula is C17H32O4. The lowest BCUT2D eigenvalue weighted by molar-refractivity contribution is -0.150. The number of hydrogen-bond donors (Lipinski definition) is 0. The lowest BCUT2D eigenvalue weighted by Gasteiger charge is -2.16. The van der Waals surface area contributed by atoms with Gasteiger partial charge in [0.2, 0.25) is 0 Å². The largest absolute Gasteiger partial charge is 0.465 e. The summed E-state index contributed by atoms with van der Waals surface area (Å²) in [6, 6.07) is 0. The standard InChI is InChI=1S/C17H32O4/c1-5-7-8-10-15(6-2)21-17(19)12-9-11-16(18)20-13-14(3)4/h14-15H,5-13H2,1-4H3. The lowest BCUT2D eigenvalue weighted by atomic mass is 10.1. The highest BCUT2D eigenvalue weighted by Crippen LogP contribution is 2.12. The molecule has 1 atom stereocenters. The SMILES string of the molecule is CCCCCC(CC)OC(=O)CCCC(=O)OCC(C)C. The molecule has 0 amide bonds. The van der Waals surface area contributed by atoms with Gasteiger partial charge in [-0.15, -0.1) is 0 Å². The maximum atomic E-state index is 11.7. The first kappa shape index (κ1) is 19.9. The molecule has 0 saturated heterocycles. The molecule has 124 valence electrons. The van der Waals surface area contributed by atoms with Gasteiger partial charge in [0.25, 0.3) is 0 Å². The van der Waals surface area contributed by atoms with Gasteiger partial charge in [0.05, 0.1) is 6.61 Å².